The summed E-state index contributed by atoms with van der Waals surface area (Å²) < 4.78 is 57.3. The van der Waals surface area contributed by atoms with Crippen molar-refractivity contribution in [2.24, 2.45) is 11.3 Å². The van der Waals surface area contributed by atoms with Crippen LogP contribution in [0, 0.1) is 24.1 Å². The summed E-state index contributed by atoms with van der Waals surface area (Å²) in [5, 5.41) is 33.7. The molecule has 0 radical (unpaired) electrons. The highest BCUT2D eigenvalue weighted by molar-refractivity contribution is 7.13. The summed E-state index contributed by atoms with van der Waals surface area (Å²) in [5.74, 6) is -3.49. The molecule has 3 amide bonds. The van der Waals surface area contributed by atoms with Gasteiger partial charge < -0.3 is 36.4 Å². The number of hydrogen-bond donors (Lipinski definition) is 5. The van der Waals surface area contributed by atoms with E-state index in [1.807, 2.05) is 4.90 Å². The van der Waals surface area contributed by atoms with E-state index in [1.54, 1.807) is 39.3 Å². The maximum atomic E-state index is 14.4. The molecule has 0 aliphatic carbocycles. The fourth-order valence-electron chi connectivity index (χ4n) is 7.48. The number of nitrogen functional groups attached to an aromatic ring is 1. The van der Waals surface area contributed by atoms with Crippen LogP contribution in [-0.4, -0.2) is 92.0 Å². The summed E-state index contributed by atoms with van der Waals surface area (Å²) in [5.41, 5.74) is 9.06. The van der Waals surface area contributed by atoms with Crippen LogP contribution in [0.1, 0.15) is 63.8 Å². The number of para-hydroxylation sites is 1. The predicted molar refractivity (Wildman–Crippen MR) is 210 cm³/mol. The maximum absolute atomic E-state index is 14.4. The first-order chi connectivity index (χ1) is 27.3. The lowest BCUT2D eigenvalue weighted by atomic mass is 9.85. The lowest BCUT2D eigenvalue weighted by molar-refractivity contribution is -0.165. The number of hydrogen-bond acceptors (Lipinski definition) is 11. The van der Waals surface area contributed by atoms with Crippen LogP contribution in [0.3, 0.4) is 0 Å². The van der Waals surface area contributed by atoms with Gasteiger partial charge in [0.1, 0.15) is 12.1 Å². The Labute approximate surface area is 336 Å². The zero-order valence-corrected chi connectivity index (χ0v) is 33.2. The molecule has 0 saturated carbocycles. The molecule has 18 heteroatoms. The van der Waals surface area contributed by atoms with E-state index in [1.165, 1.54) is 47.7 Å². The second-order valence-corrected chi connectivity index (χ2v) is 16.8. The SMILES string of the molecule is Cc1ncsc1-c1ccc(C(NC(=O)[C@@H]2C[C@@H](O)CN2C(=O)C(NC(=O)CC2CCN(c3cc(-c4cccc(F)c4O)nnc3N)CC2)C(C)(C)C)C(F)(F)F)cc1. The zero-order chi connectivity index (χ0) is 42.1. The van der Waals surface area contributed by atoms with Crippen LogP contribution in [-0.2, 0) is 14.4 Å². The predicted octanol–water partition coefficient (Wildman–Crippen LogP) is 5.52. The highest BCUT2D eigenvalue weighted by Gasteiger charge is 2.48. The van der Waals surface area contributed by atoms with E-state index in [0.717, 1.165) is 21.5 Å². The number of phenolic OH excluding ortho intramolecular Hbond substituents is 1. The number of carbonyl (C=O) groups is 3. The number of rotatable bonds is 10. The van der Waals surface area contributed by atoms with Gasteiger partial charge in [-0.2, -0.15) is 13.2 Å². The minimum absolute atomic E-state index is 0.0708. The molecular weight excluding hydrogens is 781 g/mol. The quantitative estimate of drug-likeness (QED) is 0.128. The Balaban J connectivity index is 1.10. The maximum Gasteiger partial charge on any atom is 0.412 e. The summed E-state index contributed by atoms with van der Waals surface area (Å²) >= 11 is 1.35. The molecular formula is C40H46F4N8O5S. The number of anilines is 2. The first-order valence-corrected chi connectivity index (χ1v) is 19.7. The van der Waals surface area contributed by atoms with E-state index in [-0.39, 0.29) is 47.9 Å². The van der Waals surface area contributed by atoms with Crippen LogP contribution < -0.4 is 21.3 Å². The number of alkyl halides is 3. The average Bonchev–Trinajstić information content (AvgIpc) is 3.78. The summed E-state index contributed by atoms with van der Waals surface area (Å²) in [7, 11) is 0. The van der Waals surface area contributed by atoms with Gasteiger partial charge in [0.05, 0.1) is 33.6 Å². The number of halogens is 4. The Morgan fingerprint density at radius 1 is 1.03 bits per heavy atom. The van der Waals surface area contributed by atoms with Crippen molar-refractivity contribution in [3.8, 4) is 27.4 Å². The van der Waals surface area contributed by atoms with Gasteiger partial charge in [-0.15, -0.1) is 21.5 Å². The number of nitrogens with two attached hydrogens (primary N) is 1. The number of thiazole rings is 1. The van der Waals surface area contributed by atoms with Crippen molar-refractivity contribution < 1.29 is 42.2 Å². The molecule has 2 aliphatic rings. The molecule has 2 aromatic carbocycles. The zero-order valence-electron chi connectivity index (χ0n) is 32.4. The first-order valence-electron chi connectivity index (χ1n) is 18.8. The number of nitrogens with one attached hydrogen (secondary N) is 2. The van der Waals surface area contributed by atoms with E-state index in [9.17, 15) is 42.2 Å². The van der Waals surface area contributed by atoms with Gasteiger partial charge in [0.25, 0.3) is 0 Å². The van der Waals surface area contributed by atoms with Gasteiger partial charge in [0.15, 0.2) is 23.4 Å². The van der Waals surface area contributed by atoms with Gasteiger partial charge in [-0.3, -0.25) is 14.4 Å². The third kappa shape index (κ3) is 9.33. The Morgan fingerprint density at radius 2 is 1.72 bits per heavy atom. The molecule has 2 fully saturated rings. The summed E-state index contributed by atoms with van der Waals surface area (Å²) in [4.78, 5) is 49.3. The lowest BCUT2D eigenvalue weighted by Gasteiger charge is -2.37. The van der Waals surface area contributed by atoms with Crippen LogP contribution in [0.2, 0.25) is 0 Å². The minimum Gasteiger partial charge on any atom is -0.504 e. The molecule has 2 aromatic heterocycles. The molecule has 310 valence electrons. The van der Waals surface area contributed by atoms with Crippen molar-refractivity contribution in [1.29, 1.82) is 0 Å². The van der Waals surface area contributed by atoms with E-state index in [0.29, 0.717) is 37.2 Å². The van der Waals surface area contributed by atoms with Gasteiger partial charge in [-0.05, 0) is 60.4 Å². The second kappa shape index (κ2) is 16.9. The second-order valence-electron chi connectivity index (χ2n) is 15.9. The molecule has 2 unspecified atom stereocenters. The molecule has 58 heavy (non-hydrogen) atoms. The van der Waals surface area contributed by atoms with E-state index >= 15 is 0 Å². The Kier molecular flexibility index (Phi) is 12.3. The highest BCUT2D eigenvalue weighted by Crippen LogP contribution is 2.37. The monoisotopic (exact) mass is 826 g/mol. The van der Waals surface area contributed by atoms with E-state index in [2.05, 4.69) is 25.8 Å². The first kappa shape index (κ1) is 42.3. The number of benzene rings is 2. The number of piperidine rings is 1. The highest BCUT2D eigenvalue weighted by atomic mass is 32.1. The molecule has 6 N–H and O–H groups in total. The Morgan fingerprint density at radius 3 is 2.34 bits per heavy atom. The molecule has 4 heterocycles. The smallest absolute Gasteiger partial charge is 0.412 e. The van der Waals surface area contributed by atoms with Crippen molar-refractivity contribution in [2.75, 3.05) is 30.3 Å². The molecule has 6 rings (SSSR count). The van der Waals surface area contributed by atoms with Gasteiger partial charge in [-0.1, -0.05) is 51.1 Å². The van der Waals surface area contributed by atoms with Crippen LogP contribution in [0.5, 0.6) is 5.75 Å². The molecule has 4 aromatic rings. The molecule has 13 nitrogen and oxygen atoms in total. The summed E-state index contributed by atoms with van der Waals surface area (Å²) in [6, 6.07) is 6.38. The van der Waals surface area contributed by atoms with Gasteiger partial charge in [0.2, 0.25) is 17.7 Å². The summed E-state index contributed by atoms with van der Waals surface area (Å²) in [6.07, 6.45) is -5.12. The number of phenols is 1. The normalized spacial score (nSPS) is 18.8. The number of nitrogens with zero attached hydrogens (tertiary/aromatic N) is 5. The van der Waals surface area contributed by atoms with Crippen LogP contribution >= 0.6 is 11.3 Å². The minimum atomic E-state index is -4.88. The number of carbonyl (C=O) groups excluding carboxylic acids is 3. The van der Waals surface area contributed by atoms with Crippen molar-refractivity contribution in [2.45, 2.75) is 83.8 Å². The molecule has 0 bridgehead atoms. The molecule has 4 atom stereocenters. The molecule has 0 spiro atoms. The van der Waals surface area contributed by atoms with Gasteiger partial charge in [0, 0.05) is 38.0 Å². The van der Waals surface area contributed by atoms with Crippen LogP contribution in [0.25, 0.3) is 21.7 Å². The average molecular weight is 827 g/mol. The molecule has 2 saturated heterocycles. The third-order valence-corrected chi connectivity index (χ3v) is 11.6. The number of aromatic hydroxyl groups is 1. The summed E-state index contributed by atoms with van der Waals surface area (Å²) in [6.45, 7) is 7.63. The number of aromatic nitrogens is 3. The van der Waals surface area contributed by atoms with Crippen molar-refractivity contribution in [1.82, 2.24) is 30.7 Å². The number of aliphatic hydroxyl groups excluding tert-OH is 1. The van der Waals surface area contributed by atoms with Crippen molar-refractivity contribution >= 4 is 40.6 Å². The van der Waals surface area contributed by atoms with Gasteiger partial charge >= 0.3 is 6.18 Å². The van der Waals surface area contributed by atoms with E-state index < -0.39 is 65.1 Å². The van der Waals surface area contributed by atoms with Crippen molar-refractivity contribution in [3.05, 3.63) is 71.1 Å². The topological polar surface area (TPSA) is 187 Å². The van der Waals surface area contributed by atoms with E-state index in [4.69, 9.17) is 5.73 Å². The Hall–Kier alpha value is -5.36. The largest absolute Gasteiger partial charge is 0.504 e. The van der Waals surface area contributed by atoms with Crippen LogP contribution in [0.15, 0.2) is 54.0 Å². The number of likely N-dealkylation sites (tertiary alicyclic amines) is 1. The third-order valence-electron chi connectivity index (χ3n) is 10.6. The van der Waals surface area contributed by atoms with Crippen LogP contribution in [0.4, 0.5) is 29.1 Å². The van der Waals surface area contributed by atoms with Crippen molar-refractivity contribution in [3.63, 3.8) is 0 Å². The fourth-order valence-corrected chi connectivity index (χ4v) is 8.29. The standard InChI is InChI=1S/C40H46F4N8O5S/c1-21-33(58-20-46-21)23-8-10-24(11-9-23)34(40(42,43)44)48-37(56)30-17-25(53)19-52(30)38(57)35(39(2,3)4)47-31(54)16-22-12-14-51(15-13-22)29-18-28(49-50-36(29)45)26-6-5-7-27(41)32(26)55/h5-11,18,20,22,25,30,34-35,53,55H,12-17,19H2,1-4H3,(H2,45,50)(H,47,54)(H,48,56)/t25-,30+,34?,35?/m1/s1. The number of β-amino-alcohol motifs (C(OH)–C–C–N with tert-alkyl or cyclic N) is 1. The molecule has 2 aliphatic heterocycles. The van der Waals surface area contributed by atoms with Gasteiger partial charge in [-0.25, -0.2) is 9.37 Å². The number of aryl methyl sites for hydroxylation is 1. The number of aliphatic hydroxyl groups is 1. The lowest BCUT2D eigenvalue weighted by Crippen LogP contribution is -2.58. The Bertz CT molecular complexity index is 2140. The fraction of sp³-hybridized carbons (Fsp3) is 0.450. The number of amides is 3.